The number of aliphatic hydroxyl groups excluding tert-OH is 1. The summed E-state index contributed by atoms with van der Waals surface area (Å²) in [6.07, 6.45) is 1.62. The quantitative estimate of drug-likeness (QED) is 0.606. The number of carbonyl (C=O) groups is 1. The van der Waals surface area contributed by atoms with Gasteiger partial charge in [-0.25, -0.2) is 0 Å². The summed E-state index contributed by atoms with van der Waals surface area (Å²) in [4.78, 5) is 12.2. The summed E-state index contributed by atoms with van der Waals surface area (Å²) in [5.74, 6) is 0.534. The summed E-state index contributed by atoms with van der Waals surface area (Å²) in [6, 6.07) is 11.2. The summed E-state index contributed by atoms with van der Waals surface area (Å²) in [6.45, 7) is 2.61. The lowest BCUT2D eigenvalue weighted by atomic mass is 10.1. The molecule has 0 aliphatic rings. The zero-order valence-electron chi connectivity index (χ0n) is 14.8. The molecule has 1 aromatic carbocycles. The van der Waals surface area contributed by atoms with Gasteiger partial charge < -0.3 is 20.2 Å². The Balaban J connectivity index is 1.73. The molecular formula is C19H22N4O3. The van der Waals surface area contributed by atoms with Gasteiger partial charge >= 0.3 is 0 Å². The molecule has 3 N–H and O–H groups in total. The van der Waals surface area contributed by atoms with Crippen molar-refractivity contribution in [3.8, 4) is 11.5 Å². The van der Waals surface area contributed by atoms with Gasteiger partial charge in [0.25, 0.3) is 5.91 Å². The van der Waals surface area contributed by atoms with Crippen LogP contribution in [-0.4, -0.2) is 33.9 Å². The Labute approximate surface area is 151 Å². The standard InChI is InChI=1S/C19H22N4O3/c1-13-15(19(25)20-8-9-24)5-3-6-16(13)21-12-14-11-17(22-23(14)2)18-7-4-10-26-18/h3-7,10-11,21,24H,8-9,12H2,1-2H3,(H,20,25). The van der Waals surface area contributed by atoms with Crippen molar-refractivity contribution in [1.29, 1.82) is 0 Å². The number of nitrogens with one attached hydrogen (secondary N) is 2. The number of aromatic nitrogens is 2. The zero-order valence-corrected chi connectivity index (χ0v) is 14.8. The van der Waals surface area contributed by atoms with Crippen LogP contribution in [0.1, 0.15) is 21.6 Å². The molecule has 0 spiro atoms. The van der Waals surface area contributed by atoms with Crippen LogP contribution in [0.5, 0.6) is 0 Å². The van der Waals surface area contributed by atoms with E-state index in [1.165, 1.54) is 0 Å². The number of rotatable bonds is 7. The third-order valence-corrected chi connectivity index (χ3v) is 4.19. The fourth-order valence-corrected chi connectivity index (χ4v) is 2.74. The lowest BCUT2D eigenvalue weighted by Gasteiger charge is -2.13. The Bertz CT molecular complexity index is 884. The first-order chi connectivity index (χ1) is 12.6. The van der Waals surface area contributed by atoms with E-state index in [-0.39, 0.29) is 19.1 Å². The Morgan fingerprint density at radius 2 is 2.15 bits per heavy atom. The van der Waals surface area contributed by atoms with Gasteiger partial charge in [-0.15, -0.1) is 0 Å². The maximum Gasteiger partial charge on any atom is 0.251 e. The topological polar surface area (TPSA) is 92.3 Å². The predicted molar refractivity (Wildman–Crippen MR) is 98.8 cm³/mol. The Morgan fingerprint density at radius 1 is 1.31 bits per heavy atom. The van der Waals surface area contributed by atoms with E-state index in [0.717, 1.165) is 28.4 Å². The second-order valence-electron chi connectivity index (χ2n) is 5.93. The van der Waals surface area contributed by atoms with Crippen LogP contribution in [0.2, 0.25) is 0 Å². The van der Waals surface area contributed by atoms with Crippen molar-refractivity contribution in [2.75, 3.05) is 18.5 Å². The minimum absolute atomic E-state index is 0.0821. The van der Waals surface area contributed by atoms with Crippen molar-refractivity contribution in [3.05, 3.63) is 59.5 Å². The third kappa shape index (κ3) is 3.78. The first-order valence-corrected chi connectivity index (χ1v) is 8.39. The van der Waals surface area contributed by atoms with Gasteiger partial charge in [-0.05, 0) is 42.8 Å². The number of aryl methyl sites for hydroxylation is 1. The Kier molecular flexibility index (Phi) is 5.38. The maximum absolute atomic E-state index is 12.2. The number of amides is 1. The number of anilines is 1. The largest absolute Gasteiger partial charge is 0.463 e. The molecule has 2 heterocycles. The monoisotopic (exact) mass is 354 g/mol. The zero-order chi connectivity index (χ0) is 18.5. The van der Waals surface area contributed by atoms with E-state index in [9.17, 15) is 4.79 Å². The van der Waals surface area contributed by atoms with E-state index >= 15 is 0 Å². The number of aliphatic hydroxyl groups is 1. The number of furan rings is 1. The number of carbonyl (C=O) groups excluding carboxylic acids is 1. The molecule has 26 heavy (non-hydrogen) atoms. The van der Waals surface area contributed by atoms with Gasteiger partial charge in [0.15, 0.2) is 5.76 Å². The van der Waals surface area contributed by atoms with Gasteiger partial charge in [-0.1, -0.05) is 6.07 Å². The van der Waals surface area contributed by atoms with Gasteiger partial charge in [0.1, 0.15) is 5.69 Å². The van der Waals surface area contributed by atoms with E-state index < -0.39 is 0 Å². The van der Waals surface area contributed by atoms with Crippen molar-refractivity contribution in [1.82, 2.24) is 15.1 Å². The van der Waals surface area contributed by atoms with Crippen LogP contribution in [0.25, 0.3) is 11.5 Å². The number of hydrogen-bond donors (Lipinski definition) is 3. The van der Waals surface area contributed by atoms with Crippen LogP contribution >= 0.6 is 0 Å². The highest BCUT2D eigenvalue weighted by Gasteiger charge is 2.13. The van der Waals surface area contributed by atoms with E-state index in [4.69, 9.17) is 9.52 Å². The number of benzene rings is 1. The SMILES string of the molecule is Cc1c(NCc2cc(-c3ccco3)nn2C)cccc1C(=O)NCCO. The van der Waals surface area contributed by atoms with Crippen LogP contribution in [0.3, 0.4) is 0 Å². The molecule has 0 radical (unpaired) electrons. The van der Waals surface area contributed by atoms with Gasteiger partial charge in [-0.3, -0.25) is 9.48 Å². The molecule has 0 aliphatic heterocycles. The molecule has 7 heteroatoms. The fourth-order valence-electron chi connectivity index (χ4n) is 2.74. The van der Waals surface area contributed by atoms with Gasteiger partial charge in [0.05, 0.1) is 25.1 Å². The smallest absolute Gasteiger partial charge is 0.251 e. The average Bonchev–Trinajstić information content (AvgIpc) is 3.28. The lowest BCUT2D eigenvalue weighted by molar-refractivity contribution is 0.0944. The van der Waals surface area contributed by atoms with Crippen LogP contribution in [0.15, 0.2) is 47.1 Å². The predicted octanol–water partition coefficient (Wildman–Crippen LogP) is 2.32. The molecule has 3 rings (SSSR count). The number of hydrogen-bond acceptors (Lipinski definition) is 5. The van der Waals surface area contributed by atoms with Crippen LogP contribution < -0.4 is 10.6 Å². The van der Waals surface area contributed by atoms with Crippen LogP contribution in [0, 0.1) is 6.92 Å². The highest BCUT2D eigenvalue weighted by atomic mass is 16.3. The van der Waals surface area contributed by atoms with Crippen LogP contribution in [-0.2, 0) is 13.6 Å². The second-order valence-corrected chi connectivity index (χ2v) is 5.93. The molecule has 0 saturated heterocycles. The van der Waals surface area contributed by atoms with Crippen LogP contribution in [0.4, 0.5) is 5.69 Å². The van der Waals surface area contributed by atoms with Crippen molar-refractivity contribution in [2.24, 2.45) is 7.05 Å². The Hall–Kier alpha value is -3.06. The van der Waals surface area contributed by atoms with Gasteiger partial charge in [0, 0.05) is 24.8 Å². The van der Waals surface area contributed by atoms with Gasteiger partial charge in [0.2, 0.25) is 0 Å². The van der Waals surface area contributed by atoms with Gasteiger partial charge in [-0.2, -0.15) is 5.10 Å². The summed E-state index contributed by atoms with van der Waals surface area (Å²) in [5.41, 5.74) is 4.09. The molecule has 0 saturated carbocycles. The molecule has 136 valence electrons. The van der Waals surface area contributed by atoms with Crippen molar-refractivity contribution >= 4 is 11.6 Å². The summed E-state index contributed by atoms with van der Waals surface area (Å²) >= 11 is 0. The normalized spacial score (nSPS) is 10.7. The molecule has 0 fully saturated rings. The average molecular weight is 354 g/mol. The summed E-state index contributed by atoms with van der Waals surface area (Å²) in [7, 11) is 1.88. The molecule has 1 amide bonds. The summed E-state index contributed by atoms with van der Waals surface area (Å²) in [5, 5.41) is 19.3. The number of nitrogens with zero attached hydrogens (tertiary/aromatic N) is 2. The van der Waals surface area contributed by atoms with Crippen molar-refractivity contribution < 1.29 is 14.3 Å². The van der Waals surface area contributed by atoms with E-state index in [2.05, 4.69) is 15.7 Å². The highest BCUT2D eigenvalue weighted by Crippen LogP contribution is 2.22. The van der Waals surface area contributed by atoms with E-state index in [1.807, 2.05) is 44.3 Å². The lowest BCUT2D eigenvalue weighted by Crippen LogP contribution is -2.27. The maximum atomic E-state index is 12.2. The van der Waals surface area contributed by atoms with Crippen molar-refractivity contribution in [2.45, 2.75) is 13.5 Å². The molecular weight excluding hydrogens is 332 g/mol. The molecule has 0 aliphatic carbocycles. The van der Waals surface area contributed by atoms with E-state index in [1.54, 1.807) is 17.0 Å². The minimum Gasteiger partial charge on any atom is -0.463 e. The molecule has 0 atom stereocenters. The molecule has 0 bridgehead atoms. The molecule has 0 unspecified atom stereocenters. The molecule has 7 nitrogen and oxygen atoms in total. The first kappa shape index (κ1) is 17.8. The Morgan fingerprint density at radius 3 is 2.88 bits per heavy atom. The second kappa shape index (κ2) is 7.88. The summed E-state index contributed by atoms with van der Waals surface area (Å²) < 4.78 is 7.19. The highest BCUT2D eigenvalue weighted by molar-refractivity contribution is 5.97. The molecule has 3 aromatic rings. The van der Waals surface area contributed by atoms with Crippen molar-refractivity contribution in [3.63, 3.8) is 0 Å². The van der Waals surface area contributed by atoms with E-state index in [0.29, 0.717) is 12.1 Å². The molecule has 2 aromatic heterocycles. The fraction of sp³-hybridized carbons (Fsp3) is 0.263. The minimum atomic E-state index is -0.194. The third-order valence-electron chi connectivity index (χ3n) is 4.19. The first-order valence-electron chi connectivity index (χ1n) is 8.39.